The number of rotatable bonds is 4. The lowest BCUT2D eigenvalue weighted by Gasteiger charge is -2.36. The van der Waals surface area contributed by atoms with Gasteiger partial charge in [-0.3, -0.25) is 4.90 Å². The molecule has 0 spiro atoms. The summed E-state index contributed by atoms with van der Waals surface area (Å²) in [5, 5.41) is 17.6. The second kappa shape index (κ2) is 5.21. The van der Waals surface area contributed by atoms with Gasteiger partial charge >= 0.3 is 6.01 Å². The van der Waals surface area contributed by atoms with Crippen molar-refractivity contribution in [1.82, 2.24) is 15.1 Å². The van der Waals surface area contributed by atoms with Gasteiger partial charge in [0.15, 0.2) is 0 Å². The van der Waals surface area contributed by atoms with Crippen LogP contribution in [0.25, 0.3) is 0 Å². The average Bonchev–Trinajstić information content (AvgIpc) is 2.76. The highest BCUT2D eigenvalue weighted by atomic mass is 16.4. The van der Waals surface area contributed by atoms with Crippen molar-refractivity contribution in [2.75, 3.05) is 37.6 Å². The van der Waals surface area contributed by atoms with Crippen molar-refractivity contribution in [2.45, 2.75) is 26.0 Å². The monoisotopic (exact) mass is 255 g/mol. The number of hydrogen-bond donors (Lipinski definition) is 2. The first-order chi connectivity index (χ1) is 8.48. The Morgan fingerprint density at radius 1 is 1.28 bits per heavy atom. The fourth-order valence-electron chi connectivity index (χ4n) is 2.10. The first-order valence-corrected chi connectivity index (χ1v) is 6.20. The van der Waals surface area contributed by atoms with Crippen LogP contribution in [0.3, 0.4) is 0 Å². The third-order valence-corrected chi connectivity index (χ3v) is 2.88. The second-order valence-corrected chi connectivity index (χ2v) is 5.26. The molecule has 0 amide bonds. The fraction of sp³-hybridized carbons (Fsp3) is 0.818. The van der Waals surface area contributed by atoms with Crippen LogP contribution >= 0.6 is 0 Å². The maximum absolute atomic E-state index is 9.78. The zero-order valence-corrected chi connectivity index (χ0v) is 11.0. The van der Waals surface area contributed by atoms with E-state index in [0.717, 1.165) is 26.2 Å². The molecule has 7 heteroatoms. The van der Waals surface area contributed by atoms with Gasteiger partial charge in [-0.1, -0.05) is 5.10 Å². The number of aromatic nitrogens is 2. The summed E-state index contributed by atoms with van der Waals surface area (Å²) in [4.78, 5) is 4.28. The molecule has 1 fully saturated rings. The molecule has 0 unspecified atom stereocenters. The lowest BCUT2D eigenvalue weighted by molar-refractivity contribution is 0.0342. The van der Waals surface area contributed by atoms with Crippen LogP contribution < -0.4 is 10.6 Å². The van der Waals surface area contributed by atoms with Crippen LogP contribution in [0.1, 0.15) is 19.7 Å². The predicted octanol–water partition coefficient (Wildman–Crippen LogP) is -0.579. The number of nitrogens with two attached hydrogens (primary N) is 1. The van der Waals surface area contributed by atoms with E-state index in [0.29, 0.717) is 18.5 Å². The van der Waals surface area contributed by atoms with E-state index in [2.05, 4.69) is 15.1 Å². The molecule has 0 atom stereocenters. The number of anilines is 1. The highest BCUT2D eigenvalue weighted by Crippen LogP contribution is 2.15. The van der Waals surface area contributed by atoms with E-state index in [1.165, 1.54) is 0 Å². The van der Waals surface area contributed by atoms with Crippen molar-refractivity contribution < 1.29 is 9.52 Å². The maximum atomic E-state index is 9.78. The molecule has 0 saturated carbocycles. The molecule has 1 aromatic heterocycles. The van der Waals surface area contributed by atoms with E-state index in [1.807, 2.05) is 18.7 Å². The van der Waals surface area contributed by atoms with E-state index in [1.54, 1.807) is 0 Å². The maximum Gasteiger partial charge on any atom is 0.318 e. The molecule has 3 N–H and O–H groups in total. The predicted molar refractivity (Wildman–Crippen MR) is 67.1 cm³/mol. The second-order valence-electron chi connectivity index (χ2n) is 5.26. The van der Waals surface area contributed by atoms with Gasteiger partial charge in [0.1, 0.15) is 0 Å². The summed E-state index contributed by atoms with van der Waals surface area (Å²) < 4.78 is 5.42. The molecule has 1 aliphatic rings. The van der Waals surface area contributed by atoms with Crippen molar-refractivity contribution >= 4 is 6.01 Å². The Bertz CT molecular complexity index is 379. The number of nitrogens with zero attached hydrogens (tertiary/aromatic N) is 4. The summed E-state index contributed by atoms with van der Waals surface area (Å²) in [6, 6.07) is 0.540. The van der Waals surface area contributed by atoms with Gasteiger partial charge in [-0.15, -0.1) is 5.10 Å². The van der Waals surface area contributed by atoms with Gasteiger partial charge in [-0.2, -0.15) is 0 Å². The summed E-state index contributed by atoms with van der Waals surface area (Å²) in [5.74, 6) is 0.462. The molecule has 1 aliphatic heterocycles. The number of hydrogen-bond acceptors (Lipinski definition) is 7. The minimum atomic E-state index is -0.653. The largest absolute Gasteiger partial charge is 0.407 e. The normalized spacial score (nSPS) is 18.3. The molecule has 1 saturated heterocycles. The van der Waals surface area contributed by atoms with Crippen LogP contribution in [0, 0.1) is 0 Å². The number of aliphatic hydroxyl groups is 1. The van der Waals surface area contributed by atoms with Gasteiger partial charge in [-0.25, -0.2) is 0 Å². The van der Waals surface area contributed by atoms with Gasteiger partial charge in [0.05, 0.1) is 12.1 Å². The van der Waals surface area contributed by atoms with E-state index in [4.69, 9.17) is 10.2 Å². The molecule has 2 rings (SSSR count). The zero-order chi connectivity index (χ0) is 13.2. The lowest BCUT2D eigenvalue weighted by atomic mass is 10.1. The van der Waals surface area contributed by atoms with Crippen LogP contribution in [-0.4, -0.2) is 58.5 Å². The number of piperazine rings is 1. The first-order valence-electron chi connectivity index (χ1n) is 6.20. The van der Waals surface area contributed by atoms with E-state index in [9.17, 15) is 5.11 Å². The average molecular weight is 255 g/mol. The van der Waals surface area contributed by atoms with Crippen LogP contribution in [-0.2, 0) is 6.54 Å². The fourth-order valence-corrected chi connectivity index (χ4v) is 2.10. The van der Waals surface area contributed by atoms with E-state index < -0.39 is 5.60 Å². The number of β-amino-alcohol motifs (C(OH)–C–C–N with tert-alkyl or cyclic N) is 1. The van der Waals surface area contributed by atoms with Crippen molar-refractivity contribution in [1.29, 1.82) is 0 Å². The summed E-state index contributed by atoms with van der Waals surface area (Å²) in [6.07, 6.45) is 0. The van der Waals surface area contributed by atoms with Gasteiger partial charge < -0.3 is 20.2 Å². The molecule has 0 radical (unpaired) electrons. The molecule has 0 aromatic carbocycles. The topological polar surface area (TPSA) is 91.7 Å². The summed E-state index contributed by atoms with van der Waals surface area (Å²) in [6.45, 7) is 8.00. The standard InChI is InChI=1S/C11H21N5O2/c1-11(2,17)8-15-3-5-16(6-4-15)10-14-13-9(7-12)18-10/h17H,3-8,12H2,1-2H3. The first kappa shape index (κ1) is 13.3. The molecule has 102 valence electrons. The Morgan fingerprint density at radius 2 is 1.94 bits per heavy atom. The Hall–Kier alpha value is -1.18. The minimum absolute atomic E-state index is 0.270. The molecular weight excluding hydrogens is 234 g/mol. The van der Waals surface area contributed by atoms with E-state index in [-0.39, 0.29) is 6.54 Å². The summed E-state index contributed by atoms with van der Waals surface area (Å²) in [7, 11) is 0. The molecular formula is C11H21N5O2. The molecule has 2 heterocycles. The zero-order valence-electron chi connectivity index (χ0n) is 11.0. The highest BCUT2D eigenvalue weighted by molar-refractivity contribution is 5.25. The Labute approximate surface area is 107 Å². The van der Waals surface area contributed by atoms with Gasteiger partial charge in [0.2, 0.25) is 5.89 Å². The summed E-state index contributed by atoms with van der Waals surface area (Å²) in [5.41, 5.74) is 4.78. The SMILES string of the molecule is CC(C)(O)CN1CCN(c2nnc(CN)o2)CC1. The molecule has 18 heavy (non-hydrogen) atoms. The van der Waals surface area contributed by atoms with Gasteiger partial charge in [0, 0.05) is 32.7 Å². The van der Waals surface area contributed by atoms with Crippen LogP contribution in [0.5, 0.6) is 0 Å². The Morgan fingerprint density at radius 3 is 2.44 bits per heavy atom. The molecule has 0 aliphatic carbocycles. The molecule has 0 bridgehead atoms. The van der Waals surface area contributed by atoms with Crippen LogP contribution in [0.2, 0.25) is 0 Å². The third-order valence-electron chi connectivity index (χ3n) is 2.88. The highest BCUT2D eigenvalue weighted by Gasteiger charge is 2.24. The smallest absolute Gasteiger partial charge is 0.318 e. The quantitative estimate of drug-likeness (QED) is 0.743. The van der Waals surface area contributed by atoms with Crippen molar-refractivity contribution in [2.24, 2.45) is 5.73 Å². The minimum Gasteiger partial charge on any atom is -0.407 e. The Balaban J connectivity index is 1.86. The van der Waals surface area contributed by atoms with Crippen molar-refractivity contribution in [3.05, 3.63) is 5.89 Å². The lowest BCUT2D eigenvalue weighted by Crippen LogP contribution is -2.50. The van der Waals surface area contributed by atoms with Gasteiger partial charge in [-0.05, 0) is 13.8 Å². The Kier molecular flexibility index (Phi) is 3.84. The van der Waals surface area contributed by atoms with Crippen LogP contribution in [0.15, 0.2) is 4.42 Å². The molecule has 1 aromatic rings. The third kappa shape index (κ3) is 3.41. The van der Waals surface area contributed by atoms with E-state index >= 15 is 0 Å². The van der Waals surface area contributed by atoms with Crippen molar-refractivity contribution in [3.63, 3.8) is 0 Å². The van der Waals surface area contributed by atoms with Crippen LogP contribution in [0.4, 0.5) is 6.01 Å². The van der Waals surface area contributed by atoms with Gasteiger partial charge in [0.25, 0.3) is 0 Å². The summed E-state index contributed by atoms with van der Waals surface area (Å²) >= 11 is 0. The van der Waals surface area contributed by atoms with Crippen molar-refractivity contribution in [3.8, 4) is 0 Å². The molecule has 7 nitrogen and oxygen atoms in total.